The number of hydrogen-bond donors (Lipinski definition) is 0. The quantitative estimate of drug-likeness (QED) is 0.719. The molecule has 2 unspecified atom stereocenters. The van der Waals surface area contributed by atoms with Crippen LogP contribution in [0.25, 0.3) is 0 Å². The number of esters is 2. The zero-order valence-electron chi connectivity index (χ0n) is 11.6. The van der Waals surface area contributed by atoms with Crippen molar-refractivity contribution < 1.29 is 23.8 Å². The summed E-state index contributed by atoms with van der Waals surface area (Å²) in [5.74, 6) is -0.259. The van der Waals surface area contributed by atoms with Crippen LogP contribution in [0.5, 0.6) is 0 Å². The number of ether oxygens (including phenoxy) is 3. The summed E-state index contributed by atoms with van der Waals surface area (Å²) in [4.78, 5) is 22.0. The highest BCUT2D eigenvalue weighted by Gasteiger charge is 2.42. The Morgan fingerprint density at radius 2 is 1.67 bits per heavy atom. The maximum Gasteiger partial charge on any atom is 0.303 e. The standard InChI is InChI=1S/C13H22O5/c1-7-8(2)13(18-11(5)15)12(17-9(7)3)6-16-10(4)14/h7-9,12-13H,6H2,1-5H3/t7-,8+,9?,12+,13?/m0/s1. The van der Waals surface area contributed by atoms with Gasteiger partial charge in [0.15, 0.2) is 0 Å². The molecule has 1 aliphatic heterocycles. The number of carbonyl (C=O) groups is 2. The van der Waals surface area contributed by atoms with Gasteiger partial charge in [0.25, 0.3) is 0 Å². The predicted octanol–water partition coefficient (Wildman–Crippen LogP) is 1.54. The van der Waals surface area contributed by atoms with E-state index in [1.54, 1.807) is 0 Å². The fraction of sp³-hybridized carbons (Fsp3) is 0.846. The first-order valence-corrected chi connectivity index (χ1v) is 6.29. The highest BCUT2D eigenvalue weighted by molar-refractivity contribution is 5.66. The van der Waals surface area contributed by atoms with Crippen LogP contribution in [0.2, 0.25) is 0 Å². The highest BCUT2D eigenvalue weighted by Crippen LogP contribution is 2.32. The van der Waals surface area contributed by atoms with Crippen molar-refractivity contribution in [3.05, 3.63) is 0 Å². The molecule has 0 bridgehead atoms. The predicted molar refractivity (Wildman–Crippen MR) is 64.9 cm³/mol. The first-order chi connectivity index (χ1) is 8.32. The van der Waals surface area contributed by atoms with Gasteiger partial charge in [0, 0.05) is 19.8 Å². The van der Waals surface area contributed by atoms with E-state index in [0.717, 1.165) is 0 Å². The van der Waals surface area contributed by atoms with E-state index in [4.69, 9.17) is 14.2 Å². The second kappa shape index (κ2) is 6.18. The van der Waals surface area contributed by atoms with Gasteiger partial charge in [-0.1, -0.05) is 13.8 Å². The normalized spacial score (nSPS) is 35.9. The Labute approximate surface area is 108 Å². The summed E-state index contributed by atoms with van der Waals surface area (Å²) >= 11 is 0. The fourth-order valence-corrected chi connectivity index (χ4v) is 2.25. The molecule has 1 heterocycles. The van der Waals surface area contributed by atoms with Gasteiger partial charge >= 0.3 is 11.9 Å². The molecule has 5 nitrogen and oxygen atoms in total. The molecule has 0 aromatic rings. The molecule has 0 saturated carbocycles. The van der Waals surface area contributed by atoms with E-state index >= 15 is 0 Å². The van der Waals surface area contributed by atoms with Gasteiger partial charge in [0.05, 0.1) is 6.10 Å². The lowest BCUT2D eigenvalue weighted by molar-refractivity contribution is -0.202. The molecule has 1 rings (SSSR count). The molecule has 5 atom stereocenters. The zero-order valence-corrected chi connectivity index (χ0v) is 11.6. The molecule has 1 saturated heterocycles. The lowest BCUT2D eigenvalue weighted by atomic mass is 9.82. The second-order valence-corrected chi connectivity index (χ2v) is 4.97. The molecular formula is C13H22O5. The van der Waals surface area contributed by atoms with Gasteiger partial charge in [0.2, 0.25) is 0 Å². The van der Waals surface area contributed by atoms with Crippen LogP contribution in [0.1, 0.15) is 34.6 Å². The molecule has 18 heavy (non-hydrogen) atoms. The minimum atomic E-state index is -0.390. The van der Waals surface area contributed by atoms with Crippen molar-refractivity contribution in [3.8, 4) is 0 Å². The molecule has 0 N–H and O–H groups in total. The van der Waals surface area contributed by atoms with Crippen LogP contribution in [-0.4, -0.2) is 36.9 Å². The van der Waals surface area contributed by atoms with E-state index in [0.29, 0.717) is 0 Å². The summed E-state index contributed by atoms with van der Waals surface area (Å²) in [5, 5.41) is 0. The third-order valence-corrected chi connectivity index (χ3v) is 3.60. The molecular weight excluding hydrogens is 236 g/mol. The molecule has 1 fully saturated rings. The fourth-order valence-electron chi connectivity index (χ4n) is 2.25. The van der Waals surface area contributed by atoms with Crippen LogP contribution in [-0.2, 0) is 23.8 Å². The van der Waals surface area contributed by atoms with Crippen LogP contribution in [0.3, 0.4) is 0 Å². The molecule has 0 amide bonds. The van der Waals surface area contributed by atoms with E-state index in [-0.39, 0.29) is 48.7 Å². The van der Waals surface area contributed by atoms with Gasteiger partial charge in [-0.3, -0.25) is 9.59 Å². The summed E-state index contributed by atoms with van der Waals surface area (Å²) in [6.07, 6.45) is -0.709. The average Bonchev–Trinajstić information content (AvgIpc) is 2.27. The molecule has 0 aromatic carbocycles. The molecule has 104 valence electrons. The van der Waals surface area contributed by atoms with Crippen molar-refractivity contribution in [1.29, 1.82) is 0 Å². The van der Waals surface area contributed by atoms with Gasteiger partial charge in [-0.05, 0) is 12.8 Å². The zero-order chi connectivity index (χ0) is 13.9. The summed E-state index contributed by atoms with van der Waals surface area (Å²) in [5.41, 5.74) is 0. The van der Waals surface area contributed by atoms with Crippen LogP contribution in [0.15, 0.2) is 0 Å². The number of carbonyl (C=O) groups excluding carboxylic acids is 2. The Bertz CT molecular complexity index is 315. The van der Waals surface area contributed by atoms with Crippen LogP contribution < -0.4 is 0 Å². The van der Waals surface area contributed by atoms with Crippen molar-refractivity contribution in [3.63, 3.8) is 0 Å². The number of hydrogen-bond acceptors (Lipinski definition) is 5. The molecule has 1 aliphatic rings. The Morgan fingerprint density at radius 1 is 1.06 bits per heavy atom. The average molecular weight is 258 g/mol. The Balaban J connectivity index is 2.75. The monoisotopic (exact) mass is 258 g/mol. The lowest BCUT2D eigenvalue weighted by Gasteiger charge is -2.42. The minimum Gasteiger partial charge on any atom is -0.463 e. The second-order valence-electron chi connectivity index (χ2n) is 4.97. The van der Waals surface area contributed by atoms with Crippen molar-refractivity contribution in [2.24, 2.45) is 11.8 Å². The van der Waals surface area contributed by atoms with Gasteiger partial charge < -0.3 is 14.2 Å². The van der Waals surface area contributed by atoms with E-state index in [2.05, 4.69) is 6.92 Å². The molecule has 0 aromatic heterocycles. The van der Waals surface area contributed by atoms with E-state index < -0.39 is 0 Å². The van der Waals surface area contributed by atoms with Crippen molar-refractivity contribution in [2.45, 2.75) is 52.9 Å². The Morgan fingerprint density at radius 3 is 2.17 bits per heavy atom. The maximum absolute atomic E-state index is 11.1. The van der Waals surface area contributed by atoms with E-state index in [1.165, 1.54) is 13.8 Å². The smallest absolute Gasteiger partial charge is 0.303 e. The summed E-state index contributed by atoms with van der Waals surface area (Å²) < 4.78 is 16.1. The summed E-state index contributed by atoms with van der Waals surface area (Å²) in [6.45, 7) is 8.91. The maximum atomic E-state index is 11.1. The third-order valence-electron chi connectivity index (χ3n) is 3.60. The van der Waals surface area contributed by atoms with E-state index in [9.17, 15) is 9.59 Å². The van der Waals surface area contributed by atoms with Gasteiger partial charge in [-0.2, -0.15) is 0 Å². The topological polar surface area (TPSA) is 61.8 Å². The minimum absolute atomic E-state index is 0.0485. The first-order valence-electron chi connectivity index (χ1n) is 6.29. The van der Waals surface area contributed by atoms with Gasteiger partial charge in [0.1, 0.15) is 18.8 Å². The Kier molecular flexibility index (Phi) is 5.14. The Hall–Kier alpha value is -1.10. The van der Waals surface area contributed by atoms with Crippen molar-refractivity contribution >= 4 is 11.9 Å². The molecule has 0 aliphatic carbocycles. The van der Waals surface area contributed by atoms with Crippen LogP contribution in [0, 0.1) is 11.8 Å². The SMILES string of the molecule is CC(=O)OC[C@H]1OC(C)[C@@H](C)[C@@H](C)C1OC(C)=O. The number of rotatable bonds is 3. The summed E-state index contributed by atoms with van der Waals surface area (Å²) in [6, 6.07) is 0. The van der Waals surface area contributed by atoms with Crippen molar-refractivity contribution in [2.75, 3.05) is 6.61 Å². The van der Waals surface area contributed by atoms with Crippen LogP contribution in [0.4, 0.5) is 0 Å². The van der Waals surface area contributed by atoms with Crippen molar-refractivity contribution in [1.82, 2.24) is 0 Å². The van der Waals surface area contributed by atoms with Gasteiger partial charge in [-0.25, -0.2) is 0 Å². The molecule has 0 radical (unpaired) electrons. The molecule has 5 heteroatoms. The molecule has 0 spiro atoms. The van der Waals surface area contributed by atoms with E-state index in [1.807, 2.05) is 13.8 Å². The van der Waals surface area contributed by atoms with Gasteiger partial charge in [-0.15, -0.1) is 0 Å². The summed E-state index contributed by atoms with van der Waals surface area (Å²) in [7, 11) is 0. The first kappa shape index (κ1) is 15.0. The highest BCUT2D eigenvalue weighted by atomic mass is 16.6. The largest absolute Gasteiger partial charge is 0.463 e. The third kappa shape index (κ3) is 3.70. The lowest BCUT2D eigenvalue weighted by Crippen LogP contribution is -2.52. The van der Waals surface area contributed by atoms with Crippen LogP contribution >= 0.6 is 0 Å².